The van der Waals surface area contributed by atoms with Gasteiger partial charge in [-0.15, -0.1) is 11.3 Å². The van der Waals surface area contributed by atoms with Gasteiger partial charge in [0.1, 0.15) is 23.8 Å². The average molecular weight is 334 g/mol. The summed E-state index contributed by atoms with van der Waals surface area (Å²) >= 11 is 1.35. The van der Waals surface area contributed by atoms with Crippen LogP contribution >= 0.6 is 11.3 Å². The van der Waals surface area contributed by atoms with E-state index in [9.17, 15) is 14.9 Å². The van der Waals surface area contributed by atoms with Crippen LogP contribution in [0.3, 0.4) is 0 Å². The third-order valence-corrected chi connectivity index (χ3v) is 4.20. The zero-order valence-electron chi connectivity index (χ0n) is 12.5. The maximum absolute atomic E-state index is 12.2. The summed E-state index contributed by atoms with van der Waals surface area (Å²) in [5.41, 5.74) is 5.97. The molecule has 1 aliphatic heterocycles. The van der Waals surface area contributed by atoms with Gasteiger partial charge in [-0.2, -0.15) is 5.26 Å². The average Bonchev–Trinajstić information content (AvgIpc) is 3.07. The van der Waals surface area contributed by atoms with Crippen molar-refractivity contribution in [1.29, 1.82) is 5.26 Å². The van der Waals surface area contributed by atoms with Gasteiger partial charge in [-0.3, -0.25) is 4.79 Å². The number of methoxy groups -OCH3 is 2. The van der Waals surface area contributed by atoms with Gasteiger partial charge in [-0.05, 0) is 11.4 Å². The summed E-state index contributed by atoms with van der Waals surface area (Å²) in [6.07, 6.45) is -0.289. The molecule has 8 heteroatoms. The minimum Gasteiger partial charge on any atom is -0.469 e. The number of hydrogen-bond acceptors (Lipinski definition) is 8. The van der Waals surface area contributed by atoms with Gasteiger partial charge in [0.05, 0.1) is 25.7 Å². The topological polar surface area (TPSA) is 112 Å². The molecule has 1 atom stereocenters. The Bertz CT molecular complexity index is 728. The Labute approximate surface area is 136 Å². The van der Waals surface area contributed by atoms with Gasteiger partial charge in [0.25, 0.3) is 0 Å². The highest BCUT2D eigenvalue weighted by Gasteiger charge is 2.38. The lowest BCUT2D eigenvalue weighted by Gasteiger charge is -2.26. The molecule has 7 nitrogen and oxygen atoms in total. The molecule has 0 bridgehead atoms. The van der Waals surface area contributed by atoms with Gasteiger partial charge in [-0.1, -0.05) is 6.07 Å². The largest absolute Gasteiger partial charge is 0.469 e. The Morgan fingerprint density at radius 1 is 1.43 bits per heavy atom. The van der Waals surface area contributed by atoms with Crippen molar-refractivity contribution in [1.82, 2.24) is 0 Å². The molecule has 0 saturated carbocycles. The third-order valence-electron chi connectivity index (χ3n) is 3.26. The minimum absolute atomic E-state index is 0.0265. The Balaban J connectivity index is 2.62. The molecule has 0 amide bonds. The number of nitriles is 1. The summed E-state index contributed by atoms with van der Waals surface area (Å²) in [6, 6.07) is 5.52. The minimum atomic E-state index is -0.735. The summed E-state index contributed by atoms with van der Waals surface area (Å²) in [5.74, 6) is -2.14. The van der Waals surface area contributed by atoms with Crippen molar-refractivity contribution >= 4 is 23.3 Å². The van der Waals surface area contributed by atoms with Crippen LogP contribution in [0.15, 0.2) is 40.3 Å². The Morgan fingerprint density at radius 2 is 2.17 bits per heavy atom. The summed E-state index contributed by atoms with van der Waals surface area (Å²) < 4.78 is 14.7. The molecule has 2 N–H and O–H groups in total. The SMILES string of the molecule is COC(=O)CC1=C(C(=O)OC)[C@@H](c2cccs2)C(C#N)=C(N)O1. The molecule has 0 spiro atoms. The first kappa shape index (κ1) is 16.6. The molecule has 1 aromatic rings. The summed E-state index contributed by atoms with van der Waals surface area (Å²) in [7, 11) is 2.44. The van der Waals surface area contributed by atoms with Gasteiger partial charge in [0.15, 0.2) is 0 Å². The van der Waals surface area contributed by atoms with E-state index in [1.807, 2.05) is 11.4 Å². The van der Waals surface area contributed by atoms with E-state index in [4.69, 9.17) is 15.2 Å². The highest BCUT2D eigenvalue weighted by atomic mass is 32.1. The molecule has 23 heavy (non-hydrogen) atoms. The van der Waals surface area contributed by atoms with Gasteiger partial charge in [-0.25, -0.2) is 4.79 Å². The van der Waals surface area contributed by atoms with E-state index < -0.39 is 17.9 Å². The lowest BCUT2D eigenvalue weighted by molar-refractivity contribution is -0.140. The third kappa shape index (κ3) is 3.19. The van der Waals surface area contributed by atoms with Crippen LogP contribution in [0.4, 0.5) is 0 Å². The van der Waals surface area contributed by atoms with Crippen molar-refractivity contribution in [2.75, 3.05) is 14.2 Å². The lowest BCUT2D eigenvalue weighted by atomic mass is 9.87. The van der Waals surface area contributed by atoms with Crippen molar-refractivity contribution < 1.29 is 23.8 Å². The van der Waals surface area contributed by atoms with Crippen molar-refractivity contribution in [3.8, 4) is 6.07 Å². The van der Waals surface area contributed by atoms with E-state index in [0.29, 0.717) is 0 Å². The van der Waals surface area contributed by atoms with Gasteiger partial charge in [0.2, 0.25) is 5.88 Å². The smallest absolute Gasteiger partial charge is 0.338 e. The summed E-state index contributed by atoms with van der Waals surface area (Å²) in [6.45, 7) is 0. The highest BCUT2D eigenvalue weighted by molar-refractivity contribution is 7.10. The first-order valence-corrected chi connectivity index (χ1v) is 7.40. The molecule has 0 radical (unpaired) electrons. The van der Waals surface area contributed by atoms with Crippen LogP contribution in [0.2, 0.25) is 0 Å². The van der Waals surface area contributed by atoms with Crippen molar-refractivity contribution in [3.63, 3.8) is 0 Å². The predicted molar refractivity (Wildman–Crippen MR) is 80.6 cm³/mol. The molecule has 0 unspecified atom stereocenters. The number of hydrogen-bond donors (Lipinski definition) is 1. The Kier molecular flexibility index (Phi) is 5.03. The molecule has 0 aromatic carbocycles. The lowest BCUT2D eigenvalue weighted by Crippen LogP contribution is -2.26. The Morgan fingerprint density at radius 3 is 2.70 bits per heavy atom. The fourth-order valence-electron chi connectivity index (χ4n) is 2.23. The number of carbonyl (C=O) groups is 2. The molecule has 2 rings (SSSR count). The second kappa shape index (κ2) is 6.98. The number of rotatable bonds is 4. The molecular weight excluding hydrogens is 320 g/mol. The summed E-state index contributed by atoms with van der Waals surface area (Å²) in [4.78, 5) is 24.5. The number of nitrogens with two attached hydrogens (primary N) is 1. The fraction of sp³-hybridized carbons (Fsp3) is 0.267. The first-order chi connectivity index (χ1) is 11.0. The van der Waals surface area contributed by atoms with Crippen molar-refractivity contribution in [2.24, 2.45) is 5.73 Å². The number of carbonyl (C=O) groups excluding carboxylic acids is 2. The molecule has 0 fully saturated rings. The van der Waals surface area contributed by atoms with E-state index in [-0.39, 0.29) is 29.2 Å². The van der Waals surface area contributed by atoms with Crippen LogP contribution in [0.25, 0.3) is 0 Å². The number of thiophene rings is 1. The normalized spacial score (nSPS) is 17.3. The highest BCUT2D eigenvalue weighted by Crippen LogP contribution is 2.42. The number of ether oxygens (including phenoxy) is 3. The quantitative estimate of drug-likeness (QED) is 0.831. The second-order valence-corrected chi connectivity index (χ2v) is 5.50. The van der Waals surface area contributed by atoms with E-state index in [1.165, 1.54) is 25.6 Å². The number of allylic oxidation sites excluding steroid dienone is 1. The first-order valence-electron chi connectivity index (χ1n) is 6.52. The zero-order valence-corrected chi connectivity index (χ0v) is 13.3. The van der Waals surface area contributed by atoms with E-state index in [0.717, 1.165) is 4.88 Å². The molecular formula is C15H14N2O5S. The van der Waals surface area contributed by atoms with Gasteiger partial charge < -0.3 is 19.9 Å². The molecule has 0 aliphatic carbocycles. The molecule has 120 valence electrons. The van der Waals surface area contributed by atoms with Crippen LogP contribution in [-0.2, 0) is 23.8 Å². The van der Waals surface area contributed by atoms with Gasteiger partial charge in [0, 0.05) is 4.88 Å². The Hall–Kier alpha value is -2.79. The maximum Gasteiger partial charge on any atom is 0.338 e. The monoisotopic (exact) mass is 334 g/mol. The number of nitrogens with zero attached hydrogens (tertiary/aromatic N) is 1. The van der Waals surface area contributed by atoms with Crippen LogP contribution in [-0.4, -0.2) is 26.2 Å². The zero-order chi connectivity index (χ0) is 17.0. The molecule has 1 aliphatic rings. The molecule has 2 heterocycles. The number of esters is 2. The van der Waals surface area contributed by atoms with E-state index in [1.54, 1.807) is 12.1 Å². The maximum atomic E-state index is 12.2. The second-order valence-electron chi connectivity index (χ2n) is 4.52. The van der Waals surface area contributed by atoms with E-state index in [2.05, 4.69) is 4.74 Å². The fourth-order valence-corrected chi connectivity index (χ4v) is 3.07. The van der Waals surface area contributed by atoms with E-state index >= 15 is 0 Å². The van der Waals surface area contributed by atoms with Crippen molar-refractivity contribution in [2.45, 2.75) is 12.3 Å². The van der Waals surface area contributed by atoms with Crippen LogP contribution < -0.4 is 5.73 Å². The standard InChI is InChI=1S/C15H14N2O5S/c1-20-11(18)6-9-13(15(19)21-2)12(10-4-3-5-23-10)8(7-16)14(17)22-9/h3-5,12H,6,17H2,1-2H3/t12-/m1/s1. The van der Waals surface area contributed by atoms with Crippen molar-refractivity contribution in [3.05, 3.63) is 45.2 Å². The van der Waals surface area contributed by atoms with Crippen LogP contribution in [0.1, 0.15) is 17.2 Å². The molecule has 1 aromatic heterocycles. The summed E-state index contributed by atoms with van der Waals surface area (Å²) in [5, 5.41) is 11.2. The van der Waals surface area contributed by atoms with Gasteiger partial charge >= 0.3 is 11.9 Å². The predicted octanol–water partition coefficient (Wildman–Crippen LogP) is 1.55. The van der Waals surface area contributed by atoms with Crippen LogP contribution in [0.5, 0.6) is 0 Å². The molecule has 0 saturated heterocycles. The van der Waals surface area contributed by atoms with Crippen LogP contribution in [0, 0.1) is 11.3 Å².